The maximum atomic E-state index is 12.2. The number of carbonyl (C=O) groups is 1. The normalized spacial score (nSPS) is 12.5. The summed E-state index contributed by atoms with van der Waals surface area (Å²) in [6.45, 7) is 13.6. The van der Waals surface area contributed by atoms with Crippen molar-refractivity contribution >= 4 is 11.6 Å². The van der Waals surface area contributed by atoms with Crippen LogP contribution in [0.4, 0.5) is 5.69 Å². The topological polar surface area (TPSA) is 50.4 Å². The molecule has 0 saturated carbocycles. The second kappa shape index (κ2) is 9.05. The van der Waals surface area contributed by atoms with E-state index in [1.54, 1.807) is 0 Å². The summed E-state index contributed by atoms with van der Waals surface area (Å²) >= 11 is 0. The van der Waals surface area contributed by atoms with Crippen LogP contribution in [0.15, 0.2) is 42.5 Å². The number of nitrogens with one attached hydrogen (secondary N) is 2. The second-order valence-electron chi connectivity index (χ2n) is 8.21. The molecule has 4 nitrogen and oxygen atoms in total. The van der Waals surface area contributed by atoms with E-state index >= 15 is 0 Å². The Morgan fingerprint density at radius 1 is 1.07 bits per heavy atom. The molecule has 0 heterocycles. The predicted octanol–water partition coefficient (Wildman–Crippen LogP) is 4.85. The van der Waals surface area contributed by atoms with Gasteiger partial charge in [-0.1, -0.05) is 45.0 Å². The molecule has 0 aliphatic rings. The van der Waals surface area contributed by atoms with Crippen LogP contribution in [0.5, 0.6) is 5.75 Å². The van der Waals surface area contributed by atoms with Gasteiger partial charge in [0.2, 0.25) is 0 Å². The van der Waals surface area contributed by atoms with Crippen molar-refractivity contribution in [3.8, 4) is 5.75 Å². The molecule has 2 aromatic rings. The first kappa shape index (κ1) is 21.0. The fraction of sp³-hybridized carbons (Fsp3) is 0.435. The van der Waals surface area contributed by atoms with E-state index in [-0.39, 0.29) is 17.9 Å². The molecule has 146 valence electrons. The highest BCUT2D eigenvalue weighted by Crippen LogP contribution is 2.22. The van der Waals surface area contributed by atoms with Crippen LogP contribution in [0.2, 0.25) is 0 Å². The van der Waals surface area contributed by atoms with E-state index in [0.29, 0.717) is 12.6 Å². The lowest BCUT2D eigenvalue weighted by molar-refractivity contribution is -0.118. The number of para-hydroxylation sites is 1. The van der Waals surface area contributed by atoms with E-state index in [1.165, 1.54) is 5.56 Å². The van der Waals surface area contributed by atoms with Crippen molar-refractivity contribution in [3.63, 3.8) is 0 Å². The monoisotopic (exact) mass is 368 g/mol. The minimum absolute atomic E-state index is 0.0151. The number of carbonyl (C=O) groups excluding carboxylic acids is 1. The summed E-state index contributed by atoms with van der Waals surface area (Å²) in [5.74, 6) is 0.574. The van der Waals surface area contributed by atoms with Crippen LogP contribution in [0.25, 0.3) is 0 Å². The van der Waals surface area contributed by atoms with Gasteiger partial charge in [-0.2, -0.15) is 0 Å². The Bertz CT molecular complexity index is 778. The molecule has 0 radical (unpaired) electrons. The molecule has 2 rings (SSSR count). The van der Waals surface area contributed by atoms with Crippen molar-refractivity contribution in [2.75, 3.05) is 11.9 Å². The average molecular weight is 369 g/mol. The van der Waals surface area contributed by atoms with Gasteiger partial charge in [-0.15, -0.1) is 0 Å². The van der Waals surface area contributed by atoms with E-state index < -0.39 is 0 Å². The van der Waals surface area contributed by atoms with Crippen molar-refractivity contribution in [1.29, 1.82) is 0 Å². The van der Waals surface area contributed by atoms with Crippen molar-refractivity contribution in [1.82, 2.24) is 5.32 Å². The summed E-state index contributed by atoms with van der Waals surface area (Å²) in [4.78, 5) is 12.2. The molecular formula is C23H32N2O2. The second-order valence-corrected chi connectivity index (χ2v) is 8.21. The SMILES string of the molecule is Cc1ccc(NC(=O)COc2ccccc2CN[C@H](C)C(C)(C)C)cc1C. The van der Waals surface area contributed by atoms with Gasteiger partial charge < -0.3 is 15.4 Å². The molecule has 0 aliphatic heterocycles. The van der Waals surface area contributed by atoms with Crippen LogP contribution < -0.4 is 15.4 Å². The van der Waals surface area contributed by atoms with Crippen LogP contribution >= 0.6 is 0 Å². The zero-order chi connectivity index (χ0) is 20.0. The minimum atomic E-state index is -0.163. The van der Waals surface area contributed by atoms with Gasteiger partial charge in [-0.25, -0.2) is 0 Å². The maximum Gasteiger partial charge on any atom is 0.262 e. The Balaban J connectivity index is 1.93. The molecule has 0 saturated heterocycles. The molecule has 27 heavy (non-hydrogen) atoms. The van der Waals surface area contributed by atoms with Gasteiger partial charge in [-0.3, -0.25) is 4.79 Å². The molecule has 2 N–H and O–H groups in total. The quantitative estimate of drug-likeness (QED) is 0.735. The Labute approximate surface area is 163 Å². The number of hydrogen-bond donors (Lipinski definition) is 2. The van der Waals surface area contributed by atoms with Crippen LogP contribution in [-0.2, 0) is 11.3 Å². The number of ether oxygens (including phenoxy) is 1. The lowest BCUT2D eigenvalue weighted by Gasteiger charge is -2.28. The lowest BCUT2D eigenvalue weighted by Crippen LogP contribution is -2.37. The summed E-state index contributed by atoms with van der Waals surface area (Å²) in [5, 5.41) is 6.43. The molecule has 0 spiro atoms. The van der Waals surface area contributed by atoms with Crippen LogP contribution in [0.1, 0.15) is 44.4 Å². The molecule has 0 aromatic heterocycles. The van der Waals surface area contributed by atoms with Gasteiger partial charge in [0.25, 0.3) is 5.91 Å². The summed E-state index contributed by atoms with van der Waals surface area (Å²) in [6.07, 6.45) is 0. The molecule has 0 aliphatic carbocycles. The number of hydrogen-bond acceptors (Lipinski definition) is 3. The van der Waals surface area contributed by atoms with Gasteiger partial charge in [0.1, 0.15) is 5.75 Å². The summed E-state index contributed by atoms with van der Waals surface area (Å²) < 4.78 is 5.79. The van der Waals surface area contributed by atoms with E-state index in [9.17, 15) is 4.79 Å². The van der Waals surface area contributed by atoms with Crippen molar-refractivity contribution in [2.24, 2.45) is 5.41 Å². The molecule has 0 unspecified atom stereocenters. The van der Waals surface area contributed by atoms with Crippen LogP contribution in [0, 0.1) is 19.3 Å². The molecular weight excluding hydrogens is 336 g/mol. The smallest absolute Gasteiger partial charge is 0.262 e. The number of anilines is 1. The Kier molecular flexibility index (Phi) is 7.03. The minimum Gasteiger partial charge on any atom is -0.483 e. The number of benzene rings is 2. The molecule has 0 fully saturated rings. The number of aryl methyl sites for hydroxylation is 2. The Morgan fingerprint density at radius 2 is 1.78 bits per heavy atom. The molecule has 0 bridgehead atoms. The number of amides is 1. The largest absolute Gasteiger partial charge is 0.483 e. The van der Waals surface area contributed by atoms with E-state index in [1.807, 2.05) is 49.4 Å². The van der Waals surface area contributed by atoms with Crippen LogP contribution in [-0.4, -0.2) is 18.6 Å². The fourth-order valence-corrected chi connectivity index (χ4v) is 2.52. The molecule has 1 amide bonds. The first-order valence-corrected chi connectivity index (χ1v) is 9.48. The third-order valence-corrected chi connectivity index (χ3v) is 5.02. The zero-order valence-corrected chi connectivity index (χ0v) is 17.3. The van der Waals surface area contributed by atoms with E-state index in [0.717, 1.165) is 22.6 Å². The molecule has 4 heteroatoms. The molecule has 2 aromatic carbocycles. The Hall–Kier alpha value is -2.33. The van der Waals surface area contributed by atoms with E-state index in [4.69, 9.17) is 4.74 Å². The highest BCUT2D eigenvalue weighted by Gasteiger charge is 2.19. The van der Waals surface area contributed by atoms with Gasteiger partial charge >= 0.3 is 0 Å². The van der Waals surface area contributed by atoms with Crippen molar-refractivity contribution in [2.45, 2.75) is 54.1 Å². The summed E-state index contributed by atoms with van der Waals surface area (Å²) in [7, 11) is 0. The fourth-order valence-electron chi connectivity index (χ4n) is 2.52. The highest BCUT2D eigenvalue weighted by atomic mass is 16.5. The third-order valence-electron chi connectivity index (χ3n) is 5.02. The highest BCUT2D eigenvalue weighted by molar-refractivity contribution is 5.92. The van der Waals surface area contributed by atoms with Crippen molar-refractivity contribution in [3.05, 3.63) is 59.2 Å². The van der Waals surface area contributed by atoms with Gasteiger partial charge in [0, 0.05) is 23.8 Å². The van der Waals surface area contributed by atoms with Gasteiger partial charge in [-0.05, 0) is 55.5 Å². The van der Waals surface area contributed by atoms with E-state index in [2.05, 4.69) is 45.3 Å². The Morgan fingerprint density at radius 3 is 2.44 bits per heavy atom. The van der Waals surface area contributed by atoms with Gasteiger partial charge in [0.15, 0.2) is 6.61 Å². The maximum absolute atomic E-state index is 12.2. The predicted molar refractivity (Wildman–Crippen MR) is 112 cm³/mol. The van der Waals surface area contributed by atoms with Crippen molar-refractivity contribution < 1.29 is 9.53 Å². The first-order valence-electron chi connectivity index (χ1n) is 9.48. The lowest BCUT2D eigenvalue weighted by atomic mass is 9.88. The van der Waals surface area contributed by atoms with Gasteiger partial charge in [0.05, 0.1) is 0 Å². The standard InChI is InChI=1S/C23H32N2O2/c1-16-11-12-20(13-17(16)2)25-22(26)15-27-21-10-8-7-9-19(21)14-24-18(3)23(4,5)6/h7-13,18,24H,14-15H2,1-6H3,(H,25,26)/t18-/m1/s1. The number of rotatable bonds is 7. The summed E-state index contributed by atoms with van der Waals surface area (Å²) in [6, 6.07) is 14.1. The first-order chi connectivity index (χ1) is 12.7. The zero-order valence-electron chi connectivity index (χ0n) is 17.3. The summed E-state index contributed by atoms with van der Waals surface area (Å²) in [5.41, 5.74) is 4.38. The average Bonchev–Trinajstić information content (AvgIpc) is 2.61. The molecule has 1 atom stereocenters. The third kappa shape index (κ3) is 6.40. The van der Waals surface area contributed by atoms with Crippen LogP contribution in [0.3, 0.4) is 0 Å².